The molecule has 3 fully saturated rings. The third kappa shape index (κ3) is 3.84. The van der Waals surface area contributed by atoms with Crippen LogP contribution >= 0.6 is 0 Å². The molecule has 1 aromatic heterocycles. The molecule has 3 saturated heterocycles. The smallest absolute Gasteiger partial charge is 0.272 e. The fraction of sp³-hybridized carbons (Fsp3) is 0.650. The van der Waals surface area contributed by atoms with Crippen LogP contribution in [0.3, 0.4) is 0 Å². The molecule has 0 N–H and O–H groups in total. The number of rotatable bonds is 2. The second-order valence-corrected chi connectivity index (χ2v) is 7.83. The molecule has 27 heavy (non-hydrogen) atoms. The van der Waals surface area contributed by atoms with E-state index in [1.54, 1.807) is 23.2 Å². The lowest BCUT2D eigenvalue weighted by Gasteiger charge is -2.37. The first-order valence-electron chi connectivity index (χ1n) is 9.89. The van der Waals surface area contributed by atoms with Gasteiger partial charge in [0.15, 0.2) is 5.79 Å². The molecule has 4 rings (SSSR count). The van der Waals surface area contributed by atoms with Crippen molar-refractivity contribution in [2.24, 2.45) is 5.92 Å². The summed E-state index contributed by atoms with van der Waals surface area (Å²) in [6.45, 7) is 6.11. The van der Waals surface area contributed by atoms with Crippen LogP contribution in [0.2, 0.25) is 0 Å². The molecule has 0 radical (unpaired) electrons. The van der Waals surface area contributed by atoms with Crippen LogP contribution in [0.4, 0.5) is 0 Å². The Morgan fingerprint density at radius 3 is 2.56 bits per heavy atom. The van der Waals surface area contributed by atoms with Crippen LogP contribution in [0, 0.1) is 5.92 Å². The minimum Gasteiger partial charge on any atom is -0.347 e. The average Bonchev–Trinajstić information content (AvgIpc) is 3.15. The number of pyridine rings is 1. The van der Waals surface area contributed by atoms with Crippen molar-refractivity contribution in [2.45, 2.75) is 38.4 Å². The van der Waals surface area contributed by atoms with Gasteiger partial charge in [0.05, 0.1) is 13.2 Å². The van der Waals surface area contributed by atoms with Crippen LogP contribution in [0.25, 0.3) is 0 Å². The van der Waals surface area contributed by atoms with Crippen LogP contribution in [0.5, 0.6) is 0 Å². The number of piperidine rings is 2. The minimum absolute atomic E-state index is 0.0108. The molecular formula is C20H27N3O4. The van der Waals surface area contributed by atoms with E-state index in [1.807, 2.05) is 4.90 Å². The molecular weight excluding hydrogens is 346 g/mol. The Morgan fingerprint density at radius 1 is 1.11 bits per heavy atom. The van der Waals surface area contributed by atoms with E-state index in [9.17, 15) is 9.59 Å². The summed E-state index contributed by atoms with van der Waals surface area (Å²) < 4.78 is 11.4. The highest BCUT2D eigenvalue weighted by atomic mass is 16.7. The third-order valence-corrected chi connectivity index (χ3v) is 5.80. The van der Waals surface area contributed by atoms with Crippen molar-refractivity contribution in [2.75, 3.05) is 39.4 Å². The van der Waals surface area contributed by atoms with E-state index < -0.39 is 5.79 Å². The lowest BCUT2D eigenvalue weighted by Crippen LogP contribution is -2.47. The summed E-state index contributed by atoms with van der Waals surface area (Å²) in [6, 6.07) is 3.33. The van der Waals surface area contributed by atoms with Crippen LogP contribution in [-0.2, 0) is 9.47 Å². The number of amides is 2. The van der Waals surface area contributed by atoms with E-state index in [1.165, 1.54) is 0 Å². The summed E-state index contributed by atoms with van der Waals surface area (Å²) >= 11 is 0. The average molecular weight is 373 g/mol. The van der Waals surface area contributed by atoms with E-state index in [-0.39, 0.29) is 11.8 Å². The summed E-state index contributed by atoms with van der Waals surface area (Å²) in [7, 11) is 0. The number of carbonyl (C=O) groups excluding carboxylic acids is 2. The minimum atomic E-state index is -0.507. The van der Waals surface area contributed by atoms with Gasteiger partial charge in [-0.1, -0.05) is 6.92 Å². The van der Waals surface area contributed by atoms with Crippen molar-refractivity contribution in [3.05, 3.63) is 29.6 Å². The Bertz CT molecular complexity index is 707. The zero-order valence-corrected chi connectivity index (χ0v) is 15.9. The van der Waals surface area contributed by atoms with Crippen molar-refractivity contribution in [1.29, 1.82) is 0 Å². The molecule has 2 amide bonds. The van der Waals surface area contributed by atoms with Gasteiger partial charge >= 0.3 is 0 Å². The number of likely N-dealkylation sites (tertiary alicyclic amines) is 2. The number of ether oxygens (including phenoxy) is 2. The molecule has 0 aromatic carbocycles. The molecule has 0 saturated carbocycles. The Labute approximate surface area is 159 Å². The molecule has 4 heterocycles. The molecule has 3 aliphatic heterocycles. The van der Waals surface area contributed by atoms with Crippen LogP contribution in [-0.4, -0.2) is 71.8 Å². The molecule has 0 aliphatic carbocycles. The van der Waals surface area contributed by atoms with Crippen molar-refractivity contribution >= 4 is 11.8 Å². The molecule has 146 valence electrons. The predicted molar refractivity (Wildman–Crippen MR) is 98.3 cm³/mol. The quantitative estimate of drug-likeness (QED) is 0.792. The van der Waals surface area contributed by atoms with Gasteiger partial charge in [-0.15, -0.1) is 0 Å². The fourth-order valence-electron chi connectivity index (χ4n) is 4.24. The van der Waals surface area contributed by atoms with Gasteiger partial charge in [0.25, 0.3) is 11.8 Å². The van der Waals surface area contributed by atoms with Gasteiger partial charge in [-0.05, 0) is 30.9 Å². The van der Waals surface area contributed by atoms with Gasteiger partial charge < -0.3 is 19.3 Å². The van der Waals surface area contributed by atoms with Crippen molar-refractivity contribution in [3.63, 3.8) is 0 Å². The van der Waals surface area contributed by atoms with Crippen LogP contribution in [0.15, 0.2) is 18.3 Å². The summed E-state index contributed by atoms with van der Waals surface area (Å²) in [6.07, 6.45) is 5.09. The second kappa shape index (κ2) is 7.56. The first kappa shape index (κ1) is 18.4. The molecule has 1 aromatic rings. The summed E-state index contributed by atoms with van der Waals surface area (Å²) in [5.41, 5.74) is 0.869. The third-order valence-electron chi connectivity index (χ3n) is 5.80. The van der Waals surface area contributed by atoms with E-state index in [4.69, 9.17) is 9.47 Å². The lowest BCUT2D eigenvalue weighted by atomic mass is 9.99. The van der Waals surface area contributed by atoms with E-state index in [0.717, 1.165) is 25.9 Å². The molecule has 1 unspecified atom stereocenters. The largest absolute Gasteiger partial charge is 0.347 e. The number of nitrogens with zero attached hydrogens (tertiary/aromatic N) is 3. The van der Waals surface area contributed by atoms with Gasteiger partial charge in [0.1, 0.15) is 5.69 Å². The monoisotopic (exact) mass is 373 g/mol. The lowest BCUT2D eigenvalue weighted by molar-refractivity contribution is -0.181. The van der Waals surface area contributed by atoms with Gasteiger partial charge in [0, 0.05) is 50.8 Å². The molecule has 1 atom stereocenters. The molecule has 1 spiro atoms. The highest BCUT2D eigenvalue weighted by Gasteiger charge is 2.41. The number of carbonyl (C=O) groups is 2. The first-order chi connectivity index (χ1) is 13.1. The SMILES string of the molecule is CC1CCCN(C(=O)c2ccnc(C(=O)N3CCC4(CC3)OCCO4)c2)C1. The van der Waals surface area contributed by atoms with Crippen LogP contribution in [0.1, 0.15) is 53.5 Å². The highest BCUT2D eigenvalue weighted by Crippen LogP contribution is 2.31. The van der Waals surface area contributed by atoms with Crippen molar-refractivity contribution < 1.29 is 19.1 Å². The highest BCUT2D eigenvalue weighted by molar-refractivity contribution is 5.98. The zero-order chi connectivity index (χ0) is 18.9. The van der Waals surface area contributed by atoms with E-state index in [2.05, 4.69) is 11.9 Å². The molecule has 7 nitrogen and oxygen atoms in total. The number of hydrogen-bond acceptors (Lipinski definition) is 5. The normalized spacial score (nSPS) is 25.0. The second-order valence-electron chi connectivity index (χ2n) is 7.83. The van der Waals surface area contributed by atoms with Crippen molar-refractivity contribution in [1.82, 2.24) is 14.8 Å². The van der Waals surface area contributed by atoms with Gasteiger partial charge in [0.2, 0.25) is 0 Å². The standard InChI is InChI=1S/C20H27N3O4/c1-15-3-2-8-23(14-15)18(24)16-4-7-21-17(13-16)19(25)22-9-5-20(6-10-22)26-11-12-27-20/h4,7,13,15H,2-3,5-6,8-12,14H2,1H3. The fourth-order valence-corrected chi connectivity index (χ4v) is 4.24. The number of hydrogen-bond donors (Lipinski definition) is 0. The van der Waals surface area contributed by atoms with Crippen LogP contribution < -0.4 is 0 Å². The summed E-state index contributed by atoms with van der Waals surface area (Å²) in [4.78, 5) is 33.6. The Kier molecular flexibility index (Phi) is 5.14. The Hall–Kier alpha value is -1.99. The summed E-state index contributed by atoms with van der Waals surface area (Å²) in [5.74, 6) is -0.133. The first-order valence-corrected chi connectivity index (χ1v) is 9.89. The zero-order valence-electron chi connectivity index (χ0n) is 15.9. The molecule has 3 aliphatic rings. The molecule has 0 bridgehead atoms. The number of aromatic nitrogens is 1. The van der Waals surface area contributed by atoms with E-state index >= 15 is 0 Å². The maximum absolute atomic E-state index is 12.9. The Morgan fingerprint density at radius 2 is 1.85 bits per heavy atom. The maximum atomic E-state index is 12.9. The topological polar surface area (TPSA) is 72.0 Å². The van der Waals surface area contributed by atoms with E-state index in [0.29, 0.717) is 56.3 Å². The maximum Gasteiger partial charge on any atom is 0.272 e. The van der Waals surface area contributed by atoms with Gasteiger partial charge in [-0.25, -0.2) is 0 Å². The predicted octanol–water partition coefficient (Wildman–Crippen LogP) is 1.93. The molecule has 7 heteroatoms. The summed E-state index contributed by atoms with van der Waals surface area (Å²) in [5, 5.41) is 0. The Balaban J connectivity index is 1.42. The van der Waals surface area contributed by atoms with Gasteiger partial charge in [-0.3, -0.25) is 14.6 Å². The van der Waals surface area contributed by atoms with Gasteiger partial charge in [-0.2, -0.15) is 0 Å². The van der Waals surface area contributed by atoms with Crippen molar-refractivity contribution in [3.8, 4) is 0 Å².